The molecule has 0 unspecified atom stereocenters. The number of amides is 3. The summed E-state index contributed by atoms with van der Waals surface area (Å²) in [6, 6.07) is 16.5. The van der Waals surface area contributed by atoms with Crippen molar-refractivity contribution < 1.29 is 9.59 Å². The highest BCUT2D eigenvalue weighted by molar-refractivity contribution is 7.99. The summed E-state index contributed by atoms with van der Waals surface area (Å²) < 4.78 is 1.88. The summed E-state index contributed by atoms with van der Waals surface area (Å²) in [5.74, 6) is 0.273. The maximum absolute atomic E-state index is 12.2. The van der Waals surface area contributed by atoms with Gasteiger partial charge in [-0.25, -0.2) is 4.79 Å². The first-order valence-corrected chi connectivity index (χ1v) is 10.9. The first-order valence-electron chi connectivity index (χ1n) is 9.55. The molecule has 30 heavy (non-hydrogen) atoms. The average molecular weight is 444 g/mol. The van der Waals surface area contributed by atoms with Gasteiger partial charge < -0.3 is 5.32 Å². The second kappa shape index (κ2) is 10.8. The van der Waals surface area contributed by atoms with Crippen LogP contribution in [-0.4, -0.2) is 39.0 Å². The summed E-state index contributed by atoms with van der Waals surface area (Å²) in [6.45, 7) is 2.57. The number of thioether (sulfide) groups is 1. The lowest BCUT2D eigenvalue weighted by Crippen LogP contribution is -2.40. The van der Waals surface area contributed by atoms with Crippen LogP contribution >= 0.6 is 23.4 Å². The number of hydrogen-bond acceptors (Lipinski definition) is 5. The normalized spacial score (nSPS) is 10.6. The molecule has 0 atom stereocenters. The molecule has 2 N–H and O–H groups in total. The van der Waals surface area contributed by atoms with Crippen molar-refractivity contribution in [1.82, 2.24) is 25.4 Å². The lowest BCUT2D eigenvalue weighted by atomic mass is 10.2. The van der Waals surface area contributed by atoms with Crippen molar-refractivity contribution >= 4 is 35.3 Å². The van der Waals surface area contributed by atoms with Crippen molar-refractivity contribution in [3.8, 4) is 17.1 Å². The highest BCUT2D eigenvalue weighted by atomic mass is 35.5. The SMILES string of the molecule is CCCCNC(=O)NC(=O)CSc1nnc(-c2ccc(Cl)cc2)n1-c1ccccc1. The largest absolute Gasteiger partial charge is 0.338 e. The smallest absolute Gasteiger partial charge is 0.321 e. The molecule has 0 aliphatic rings. The third-order valence-corrected chi connectivity index (χ3v) is 5.33. The Morgan fingerprint density at radius 3 is 2.50 bits per heavy atom. The number of urea groups is 1. The van der Waals surface area contributed by atoms with Crippen LogP contribution in [-0.2, 0) is 4.79 Å². The number of rotatable bonds is 8. The van der Waals surface area contributed by atoms with Gasteiger partial charge in [-0.3, -0.25) is 14.7 Å². The van der Waals surface area contributed by atoms with Gasteiger partial charge in [0.25, 0.3) is 0 Å². The topological polar surface area (TPSA) is 88.9 Å². The van der Waals surface area contributed by atoms with E-state index in [1.54, 1.807) is 12.1 Å². The second-order valence-electron chi connectivity index (χ2n) is 6.43. The molecule has 7 nitrogen and oxygen atoms in total. The summed E-state index contributed by atoms with van der Waals surface area (Å²) >= 11 is 7.21. The van der Waals surface area contributed by atoms with E-state index in [1.807, 2.05) is 54.0 Å². The van der Waals surface area contributed by atoms with Crippen LogP contribution in [0.1, 0.15) is 19.8 Å². The van der Waals surface area contributed by atoms with Gasteiger partial charge in [0.2, 0.25) is 5.91 Å². The molecular formula is C21H22ClN5O2S. The van der Waals surface area contributed by atoms with Crippen molar-refractivity contribution in [3.63, 3.8) is 0 Å². The zero-order valence-electron chi connectivity index (χ0n) is 16.5. The van der Waals surface area contributed by atoms with E-state index in [-0.39, 0.29) is 5.75 Å². The molecule has 9 heteroatoms. The molecule has 0 saturated heterocycles. The fourth-order valence-electron chi connectivity index (χ4n) is 2.67. The van der Waals surface area contributed by atoms with Gasteiger partial charge in [0.15, 0.2) is 11.0 Å². The van der Waals surface area contributed by atoms with Gasteiger partial charge in [0, 0.05) is 22.8 Å². The summed E-state index contributed by atoms with van der Waals surface area (Å²) in [7, 11) is 0. The Balaban J connectivity index is 1.76. The lowest BCUT2D eigenvalue weighted by Gasteiger charge is -2.10. The Kier molecular flexibility index (Phi) is 7.87. The van der Waals surface area contributed by atoms with Crippen LogP contribution in [0.2, 0.25) is 5.02 Å². The number of imide groups is 1. The molecule has 156 valence electrons. The number of hydrogen-bond donors (Lipinski definition) is 2. The molecule has 0 saturated carbocycles. The van der Waals surface area contributed by atoms with Crippen LogP contribution < -0.4 is 10.6 Å². The molecule has 0 fully saturated rings. The Labute approximate surface area is 184 Å². The first kappa shape index (κ1) is 21.9. The number of aromatic nitrogens is 3. The van der Waals surface area contributed by atoms with E-state index in [0.717, 1.165) is 24.1 Å². The van der Waals surface area contributed by atoms with E-state index in [0.29, 0.717) is 22.5 Å². The van der Waals surface area contributed by atoms with Gasteiger partial charge in [-0.2, -0.15) is 0 Å². The highest BCUT2D eigenvalue weighted by Gasteiger charge is 2.17. The third kappa shape index (κ3) is 5.84. The maximum Gasteiger partial charge on any atom is 0.321 e. The number of nitrogens with zero attached hydrogens (tertiary/aromatic N) is 3. The molecule has 1 aromatic heterocycles. The molecule has 0 aliphatic carbocycles. The summed E-state index contributed by atoms with van der Waals surface area (Å²) in [6.07, 6.45) is 1.83. The van der Waals surface area contributed by atoms with Crippen molar-refractivity contribution in [1.29, 1.82) is 0 Å². The van der Waals surface area contributed by atoms with Crippen molar-refractivity contribution in [2.75, 3.05) is 12.3 Å². The monoisotopic (exact) mass is 443 g/mol. The van der Waals surface area contributed by atoms with Crippen LogP contribution in [0.25, 0.3) is 17.1 Å². The average Bonchev–Trinajstić information content (AvgIpc) is 3.17. The van der Waals surface area contributed by atoms with E-state index in [2.05, 4.69) is 20.8 Å². The third-order valence-electron chi connectivity index (χ3n) is 4.15. The number of halogens is 1. The van der Waals surface area contributed by atoms with Crippen molar-refractivity contribution in [3.05, 3.63) is 59.6 Å². The van der Waals surface area contributed by atoms with Crippen LogP contribution in [0.3, 0.4) is 0 Å². The fourth-order valence-corrected chi connectivity index (χ4v) is 3.55. The molecule has 3 amide bonds. The Morgan fingerprint density at radius 2 is 1.80 bits per heavy atom. The molecular weight excluding hydrogens is 422 g/mol. The van der Waals surface area contributed by atoms with E-state index in [4.69, 9.17) is 11.6 Å². The second-order valence-corrected chi connectivity index (χ2v) is 7.81. The number of nitrogens with one attached hydrogen (secondary N) is 2. The van der Waals surface area contributed by atoms with Gasteiger partial charge in [-0.1, -0.05) is 54.9 Å². The van der Waals surface area contributed by atoms with E-state index in [9.17, 15) is 9.59 Å². The Bertz CT molecular complexity index is 992. The van der Waals surface area contributed by atoms with Crippen LogP contribution in [0.15, 0.2) is 59.8 Å². The summed E-state index contributed by atoms with van der Waals surface area (Å²) in [4.78, 5) is 23.9. The molecule has 0 aliphatic heterocycles. The number of carbonyl (C=O) groups excluding carboxylic acids is 2. The minimum Gasteiger partial charge on any atom is -0.338 e. The van der Waals surface area contributed by atoms with E-state index in [1.165, 1.54) is 11.8 Å². The van der Waals surface area contributed by atoms with Crippen molar-refractivity contribution in [2.45, 2.75) is 24.9 Å². The first-order chi connectivity index (χ1) is 14.6. The lowest BCUT2D eigenvalue weighted by molar-refractivity contribution is -0.117. The van der Waals surface area contributed by atoms with Crippen LogP contribution in [0.5, 0.6) is 0 Å². The fraction of sp³-hybridized carbons (Fsp3) is 0.238. The van der Waals surface area contributed by atoms with Crippen LogP contribution in [0.4, 0.5) is 4.79 Å². The van der Waals surface area contributed by atoms with Gasteiger partial charge >= 0.3 is 6.03 Å². The quantitative estimate of drug-likeness (QED) is 0.400. The molecule has 1 heterocycles. The molecule has 0 radical (unpaired) electrons. The van der Waals surface area contributed by atoms with E-state index < -0.39 is 11.9 Å². The summed E-state index contributed by atoms with van der Waals surface area (Å²) in [5.41, 5.74) is 1.72. The molecule has 3 aromatic rings. The Morgan fingerprint density at radius 1 is 1.07 bits per heavy atom. The molecule has 2 aromatic carbocycles. The van der Waals surface area contributed by atoms with Crippen molar-refractivity contribution in [2.24, 2.45) is 0 Å². The number of carbonyl (C=O) groups is 2. The molecule has 3 rings (SSSR count). The summed E-state index contributed by atoms with van der Waals surface area (Å²) in [5, 5.41) is 14.8. The number of unbranched alkanes of at least 4 members (excludes halogenated alkanes) is 1. The maximum atomic E-state index is 12.2. The van der Waals surface area contributed by atoms with Gasteiger partial charge in [-0.15, -0.1) is 10.2 Å². The minimum atomic E-state index is -0.486. The van der Waals surface area contributed by atoms with Gasteiger partial charge in [0.05, 0.1) is 5.75 Å². The molecule has 0 spiro atoms. The number of benzene rings is 2. The van der Waals surface area contributed by atoms with Crippen LogP contribution in [0, 0.1) is 0 Å². The standard InChI is InChI=1S/C21H22ClN5O2S/c1-2-3-13-23-20(29)24-18(28)14-30-21-26-25-19(15-9-11-16(22)12-10-15)27(21)17-7-5-4-6-8-17/h4-12H,2-3,13-14H2,1H3,(H2,23,24,28,29). The zero-order valence-corrected chi connectivity index (χ0v) is 18.0. The zero-order chi connectivity index (χ0) is 21.3. The van der Waals surface area contributed by atoms with Gasteiger partial charge in [-0.05, 0) is 42.8 Å². The molecule has 0 bridgehead atoms. The number of para-hydroxylation sites is 1. The predicted octanol–water partition coefficient (Wildman–Crippen LogP) is 4.31. The predicted molar refractivity (Wildman–Crippen MR) is 119 cm³/mol. The van der Waals surface area contributed by atoms with Gasteiger partial charge in [0.1, 0.15) is 0 Å². The minimum absolute atomic E-state index is 0.0345. The Hall–Kier alpha value is -2.84. The highest BCUT2D eigenvalue weighted by Crippen LogP contribution is 2.28. The van der Waals surface area contributed by atoms with E-state index >= 15 is 0 Å².